The molecule has 1 aromatic heterocycles. The molecule has 1 aromatic rings. The van der Waals surface area contributed by atoms with Gasteiger partial charge in [-0.3, -0.25) is 0 Å². The molecule has 0 fully saturated rings. The van der Waals surface area contributed by atoms with Crippen molar-refractivity contribution in [3.63, 3.8) is 0 Å². The molecule has 0 saturated carbocycles. The molecule has 0 aliphatic rings. The fourth-order valence-electron chi connectivity index (χ4n) is 1.16. The number of aliphatic carboxylic acids is 1. The van der Waals surface area contributed by atoms with Crippen LogP contribution in [-0.2, 0) is 11.3 Å². The molecule has 1 rings (SSSR count). The minimum atomic E-state index is -1.33. The summed E-state index contributed by atoms with van der Waals surface area (Å²) in [5, 5.41) is 22.5. The van der Waals surface area contributed by atoms with Crippen molar-refractivity contribution >= 4 is 12.0 Å². The van der Waals surface area contributed by atoms with Crippen LogP contribution in [0.3, 0.4) is 0 Å². The van der Waals surface area contributed by atoms with E-state index in [9.17, 15) is 9.59 Å². The van der Waals surface area contributed by atoms with Crippen LogP contribution in [0.2, 0.25) is 0 Å². The Morgan fingerprint density at radius 3 is 2.71 bits per heavy atom. The van der Waals surface area contributed by atoms with Gasteiger partial charge in [0, 0.05) is 12.1 Å². The molecule has 2 amide bonds. The molecule has 0 bridgehead atoms. The van der Waals surface area contributed by atoms with Crippen LogP contribution in [0, 0.1) is 0 Å². The molecule has 2 atom stereocenters. The number of rotatable bonds is 5. The van der Waals surface area contributed by atoms with E-state index in [2.05, 4.69) is 10.6 Å². The summed E-state index contributed by atoms with van der Waals surface area (Å²) in [4.78, 5) is 22.0. The highest BCUT2D eigenvalue weighted by atomic mass is 16.4. The highest BCUT2D eigenvalue weighted by Crippen LogP contribution is 1.98. The van der Waals surface area contributed by atoms with Crippen LogP contribution in [0.25, 0.3) is 0 Å². The van der Waals surface area contributed by atoms with Gasteiger partial charge in [0.15, 0.2) is 6.04 Å². The number of hydrogen-bond donors (Lipinski definition) is 4. The van der Waals surface area contributed by atoms with E-state index >= 15 is 0 Å². The Morgan fingerprint density at radius 2 is 2.24 bits per heavy atom. The van der Waals surface area contributed by atoms with Crippen LogP contribution in [0.15, 0.2) is 23.0 Å². The molecule has 0 aromatic carbocycles. The normalized spacial score (nSPS) is 13.8. The number of aliphatic hydroxyl groups excluding tert-OH is 1. The van der Waals surface area contributed by atoms with Gasteiger partial charge in [-0.1, -0.05) is 0 Å². The zero-order valence-corrected chi connectivity index (χ0v) is 9.21. The number of carbonyl (C=O) groups is 2. The van der Waals surface area contributed by atoms with Crippen molar-refractivity contribution in [3.05, 3.63) is 24.2 Å². The van der Waals surface area contributed by atoms with Gasteiger partial charge >= 0.3 is 12.0 Å². The number of furan rings is 1. The van der Waals surface area contributed by atoms with Crippen LogP contribution in [-0.4, -0.2) is 34.4 Å². The molecule has 7 nitrogen and oxygen atoms in total. The van der Waals surface area contributed by atoms with Gasteiger partial charge in [-0.25, -0.2) is 9.59 Å². The van der Waals surface area contributed by atoms with E-state index in [0.29, 0.717) is 0 Å². The monoisotopic (exact) mass is 242 g/mol. The average molecular weight is 242 g/mol. The third-order valence-corrected chi connectivity index (χ3v) is 2.07. The molecule has 0 radical (unpaired) electrons. The molecule has 7 heteroatoms. The Balaban J connectivity index is 2.40. The molecule has 0 saturated heterocycles. The smallest absolute Gasteiger partial charge is 0.328 e. The first-order valence-corrected chi connectivity index (χ1v) is 4.97. The highest BCUT2D eigenvalue weighted by Gasteiger charge is 2.24. The maximum Gasteiger partial charge on any atom is 0.328 e. The van der Waals surface area contributed by atoms with Crippen molar-refractivity contribution in [3.8, 4) is 0 Å². The lowest BCUT2D eigenvalue weighted by molar-refractivity contribution is -0.141. The third kappa shape index (κ3) is 4.15. The van der Waals surface area contributed by atoms with E-state index < -0.39 is 24.1 Å². The van der Waals surface area contributed by atoms with Crippen molar-refractivity contribution in [2.75, 3.05) is 0 Å². The Kier molecular flexibility index (Phi) is 4.53. The molecule has 4 N–H and O–H groups in total. The molecule has 0 aliphatic carbocycles. The van der Waals surface area contributed by atoms with Crippen molar-refractivity contribution < 1.29 is 24.2 Å². The predicted octanol–water partition coefficient (Wildman–Crippen LogP) is -0.0872. The number of urea groups is 1. The first-order valence-electron chi connectivity index (χ1n) is 4.97. The Hall–Kier alpha value is -2.02. The van der Waals surface area contributed by atoms with Gasteiger partial charge in [0.2, 0.25) is 0 Å². The summed E-state index contributed by atoms with van der Waals surface area (Å²) < 4.78 is 4.80. The van der Waals surface area contributed by atoms with Crippen molar-refractivity contribution in [2.24, 2.45) is 0 Å². The summed E-state index contributed by atoms with van der Waals surface area (Å²) in [5.74, 6) is -1.29. The van der Waals surface area contributed by atoms with Crippen molar-refractivity contribution in [1.82, 2.24) is 10.6 Å². The molecule has 94 valence electrons. The van der Waals surface area contributed by atoms with E-state index in [0.717, 1.165) is 5.56 Å². The quantitative estimate of drug-likeness (QED) is 0.576. The van der Waals surface area contributed by atoms with Gasteiger partial charge in [-0.15, -0.1) is 0 Å². The van der Waals surface area contributed by atoms with Gasteiger partial charge in [0.05, 0.1) is 18.6 Å². The SMILES string of the molecule is CC(O)C(NC(=O)NCc1ccoc1)C(=O)O. The van der Waals surface area contributed by atoms with Crippen LogP contribution in [0.1, 0.15) is 12.5 Å². The maximum absolute atomic E-state index is 11.3. The summed E-state index contributed by atoms with van der Waals surface area (Å²) in [7, 11) is 0. The number of nitrogens with one attached hydrogen (secondary N) is 2. The lowest BCUT2D eigenvalue weighted by Gasteiger charge is -2.17. The zero-order valence-electron chi connectivity index (χ0n) is 9.21. The number of amides is 2. The fourth-order valence-corrected chi connectivity index (χ4v) is 1.16. The second kappa shape index (κ2) is 5.90. The highest BCUT2D eigenvalue weighted by molar-refractivity contribution is 5.82. The van der Waals surface area contributed by atoms with Crippen molar-refractivity contribution in [2.45, 2.75) is 25.6 Å². The average Bonchev–Trinajstić information content (AvgIpc) is 2.74. The lowest BCUT2D eigenvalue weighted by atomic mass is 10.2. The number of aliphatic hydroxyl groups is 1. The third-order valence-electron chi connectivity index (χ3n) is 2.07. The second-order valence-corrected chi connectivity index (χ2v) is 3.52. The van der Waals surface area contributed by atoms with Gasteiger partial charge in [-0.2, -0.15) is 0 Å². The summed E-state index contributed by atoms with van der Waals surface area (Å²) >= 11 is 0. The molecular formula is C10H14N2O5. The van der Waals surface area contributed by atoms with E-state index in [4.69, 9.17) is 14.6 Å². The molecule has 2 unspecified atom stereocenters. The number of carbonyl (C=O) groups excluding carboxylic acids is 1. The van der Waals surface area contributed by atoms with E-state index in [1.54, 1.807) is 6.07 Å². The largest absolute Gasteiger partial charge is 0.480 e. The summed E-state index contributed by atoms with van der Waals surface area (Å²) in [5.41, 5.74) is 0.754. The van der Waals surface area contributed by atoms with Crippen LogP contribution in [0.4, 0.5) is 4.79 Å². The van der Waals surface area contributed by atoms with Crippen molar-refractivity contribution in [1.29, 1.82) is 0 Å². The topological polar surface area (TPSA) is 112 Å². The summed E-state index contributed by atoms with van der Waals surface area (Å²) in [6.45, 7) is 1.50. The minimum absolute atomic E-state index is 0.217. The van der Waals surface area contributed by atoms with Crippen LogP contribution >= 0.6 is 0 Å². The first-order chi connectivity index (χ1) is 8.00. The fraction of sp³-hybridized carbons (Fsp3) is 0.400. The Labute approximate surface area is 97.4 Å². The standard InChI is InChI=1S/C10H14N2O5/c1-6(13)8(9(14)15)12-10(16)11-4-7-2-3-17-5-7/h2-3,5-6,8,13H,4H2,1H3,(H,14,15)(H2,11,12,16). The molecule has 17 heavy (non-hydrogen) atoms. The van der Waals surface area contributed by atoms with Gasteiger partial charge < -0.3 is 25.3 Å². The number of hydrogen-bond acceptors (Lipinski definition) is 4. The molecular weight excluding hydrogens is 228 g/mol. The van der Waals surface area contributed by atoms with E-state index in [1.807, 2.05) is 0 Å². The van der Waals surface area contributed by atoms with Gasteiger partial charge in [-0.05, 0) is 13.0 Å². The minimum Gasteiger partial charge on any atom is -0.480 e. The summed E-state index contributed by atoms with van der Waals surface area (Å²) in [6, 6.07) is -0.331. The number of carboxylic acids is 1. The molecule has 0 spiro atoms. The predicted molar refractivity (Wildman–Crippen MR) is 57.2 cm³/mol. The first kappa shape index (κ1) is 13.0. The van der Waals surface area contributed by atoms with Gasteiger partial charge in [0.25, 0.3) is 0 Å². The van der Waals surface area contributed by atoms with Crippen LogP contribution in [0.5, 0.6) is 0 Å². The molecule has 1 heterocycles. The zero-order chi connectivity index (χ0) is 12.8. The number of carboxylic acid groups (broad SMARTS) is 1. The Bertz CT molecular complexity index is 374. The van der Waals surface area contributed by atoms with E-state index in [-0.39, 0.29) is 6.54 Å². The van der Waals surface area contributed by atoms with Crippen LogP contribution < -0.4 is 10.6 Å². The van der Waals surface area contributed by atoms with Gasteiger partial charge in [0.1, 0.15) is 0 Å². The lowest BCUT2D eigenvalue weighted by Crippen LogP contribution is -2.50. The maximum atomic E-state index is 11.3. The second-order valence-electron chi connectivity index (χ2n) is 3.52. The molecule has 0 aliphatic heterocycles. The summed E-state index contributed by atoms with van der Waals surface area (Å²) in [6.07, 6.45) is 1.75. The van der Waals surface area contributed by atoms with E-state index in [1.165, 1.54) is 19.5 Å². The Morgan fingerprint density at radius 1 is 1.53 bits per heavy atom.